The van der Waals surface area contributed by atoms with Crippen LogP contribution in [0.5, 0.6) is 0 Å². The van der Waals surface area contributed by atoms with Crippen LogP contribution >= 0.6 is 23.4 Å². The van der Waals surface area contributed by atoms with E-state index in [2.05, 4.69) is 22.1 Å². The Morgan fingerprint density at radius 1 is 1.19 bits per heavy atom. The van der Waals surface area contributed by atoms with Crippen LogP contribution in [-0.2, 0) is 16.2 Å². The van der Waals surface area contributed by atoms with E-state index in [4.69, 9.17) is 11.6 Å². The number of hydrogen-bond donors (Lipinski definition) is 4. The number of urea groups is 1. The number of aliphatic hydroxyl groups excluding tert-OH is 1. The summed E-state index contributed by atoms with van der Waals surface area (Å²) in [6.45, 7) is 0. The number of fused-ring (bicyclic) bond motifs is 1. The Morgan fingerprint density at radius 2 is 1.92 bits per heavy atom. The Balaban J connectivity index is 1.54. The van der Waals surface area contributed by atoms with E-state index in [0.717, 1.165) is 24.3 Å². The molecule has 1 atom stereocenters. The molecule has 0 bridgehead atoms. The van der Waals surface area contributed by atoms with Gasteiger partial charge in [-0.1, -0.05) is 11.6 Å². The van der Waals surface area contributed by atoms with Crippen LogP contribution in [0.25, 0.3) is 0 Å². The molecule has 2 aromatic carbocycles. The quantitative estimate of drug-likeness (QED) is 0.327. The van der Waals surface area contributed by atoms with Crippen LogP contribution in [0.1, 0.15) is 15.9 Å². The molecule has 4 rings (SSSR count). The number of anilines is 3. The second-order valence-corrected chi connectivity index (χ2v) is 10.6. The number of sulfonamides is 1. The van der Waals surface area contributed by atoms with E-state index in [1.54, 1.807) is 4.72 Å². The number of thioether (sulfide) groups is 1. The Morgan fingerprint density at radius 3 is 2.53 bits per heavy atom. The van der Waals surface area contributed by atoms with Crippen LogP contribution in [0.2, 0.25) is 0 Å². The van der Waals surface area contributed by atoms with Gasteiger partial charge in [-0.15, -0.1) is 0 Å². The maximum Gasteiger partial charge on any atom is 0.416 e. The third-order valence-electron chi connectivity index (χ3n) is 4.71. The first-order valence-electron chi connectivity index (χ1n) is 9.48. The third-order valence-corrected chi connectivity index (χ3v) is 7.55. The van der Waals surface area contributed by atoms with Crippen molar-refractivity contribution >= 4 is 62.4 Å². The zero-order valence-electron chi connectivity index (χ0n) is 17.3. The highest BCUT2D eigenvalue weighted by atomic mass is 35.5. The highest BCUT2D eigenvalue weighted by Crippen LogP contribution is 2.36. The van der Waals surface area contributed by atoms with Crippen LogP contribution in [-0.4, -0.2) is 31.8 Å². The van der Waals surface area contributed by atoms with Gasteiger partial charge in [0.25, 0.3) is 15.9 Å². The topological polar surface area (TPSA) is 128 Å². The van der Waals surface area contributed by atoms with Gasteiger partial charge in [-0.25, -0.2) is 13.9 Å². The summed E-state index contributed by atoms with van der Waals surface area (Å²) in [5.74, 6) is -2.28. The monoisotopic (exact) mass is 562 g/mol. The van der Waals surface area contributed by atoms with Gasteiger partial charge >= 0.3 is 12.2 Å². The van der Waals surface area contributed by atoms with Gasteiger partial charge in [0.2, 0.25) is 6.35 Å². The number of rotatable bonds is 4. The number of amides is 3. The third kappa shape index (κ3) is 5.07. The number of benzene rings is 2. The molecule has 0 radical (unpaired) electrons. The van der Waals surface area contributed by atoms with E-state index in [-0.39, 0.29) is 15.7 Å². The van der Waals surface area contributed by atoms with Gasteiger partial charge in [-0.05, 0) is 59.6 Å². The molecule has 36 heavy (non-hydrogen) atoms. The second kappa shape index (κ2) is 9.21. The van der Waals surface area contributed by atoms with Gasteiger partial charge in [0.1, 0.15) is 10.2 Å². The lowest BCUT2D eigenvalue weighted by molar-refractivity contribution is -0.137. The van der Waals surface area contributed by atoms with Gasteiger partial charge in [-0.2, -0.15) is 21.6 Å². The van der Waals surface area contributed by atoms with Crippen LogP contribution in [0.15, 0.2) is 56.5 Å². The van der Waals surface area contributed by atoms with Crippen LogP contribution in [0.3, 0.4) is 0 Å². The molecule has 0 aliphatic carbocycles. The molecule has 3 amide bonds. The summed E-state index contributed by atoms with van der Waals surface area (Å²) < 4.78 is 79.5. The van der Waals surface area contributed by atoms with E-state index in [1.165, 1.54) is 0 Å². The molecule has 2 heterocycles. The number of aliphatic hydroxyl groups is 1. The molecule has 188 valence electrons. The van der Waals surface area contributed by atoms with E-state index in [0.29, 0.717) is 28.8 Å². The summed E-state index contributed by atoms with van der Waals surface area (Å²) in [4.78, 5) is 25.4. The van der Waals surface area contributed by atoms with Crippen molar-refractivity contribution in [1.29, 1.82) is 0 Å². The lowest BCUT2D eigenvalue weighted by Crippen LogP contribution is -2.49. The number of alkyl halides is 3. The second-order valence-electron chi connectivity index (χ2n) is 7.09. The molecular formula is C20H11ClF4N4O5S2. The summed E-state index contributed by atoms with van der Waals surface area (Å²) in [7, 11) is -4.33. The highest BCUT2D eigenvalue weighted by molar-refractivity contribution is 8.21. The van der Waals surface area contributed by atoms with Crippen molar-refractivity contribution in [3.63, 3.8) is 0 Å². The first-order valence-corrected chi connectivity index (χ1v) is 12.2. The Hall–Kier alpha value is -3.45. The summed E-state index contributed by atoms with van der Waals surface area (Å²) >= 11 is 6.20. The number of hydrogen-bond acceptors (Lipinski definition) is 7. The molecule has 0 fully saturated rings. The van der Waals surface area contributed by atoms with Crippen molar-refractivity contribution in [1.82, 2.24) is 4.72 Å². The molecule has 2 aromatic rings. The molecule has 0 saturated heterocycles. The number of nitrogens with one attached hydrogen (secondary N) is 3. The van der Waals surface area contributed by atoms with Crippen LogP contribution in [0.4, 0.5) is 39.4 Å². The first-order chi connectivity index (χ1) is 16.8. The Labute approximate surface area is 209 Å². The van der Waals surface area contributed by atoms with Crippen molar-refractivity contribution in [2.45, 2.75) is 12.5 Å². The highest BCUT2D eigenvalue weighted by Gasteiger charge is 2.37. The number of carbonyl (C=O) groups excluding carboxylic acids is 2. The molecule has 0 saturated carbocycles. The zero-order valence-corrected chi connectivity index (χ0v) is 19.7. The summed E-state index contributed by atoms with van der Waals surface area (Å²) in [6.07, 6.45) is -6.57. The van der Waals surface area contributed by atoms with Crippen molar-refractivity contribution in [2.75, 3.05) is 15.5 Å². The van der Waals surface area contributed by atoms with E-state index in [9.17, 15) is 40.7 Å². The molecule has 16 heteroatoms. The predicted octanol–water partition coefficient (Wildman–Crippen LogP) is 4.07. The van der Waals surface area contributed by atoms with Crippen molar-refractivity contribution in [2.24, 2.45) is 0 Å². The molecule has 1 unspecified atom stereocenters. The lowest BCUT2D eigenvalue weighted by atomic mass is 10.0. The first kappa shape index (κ1) is 25.6. The average molecular weight is 563 g/mol. The van der Waals surface area contributed by atoms with Crippen molar-refractivity contribution in [3.05, 3.63) is 73.4 Å². The smallest absolute Gasteiger partial charge is 0.356 e. The van der Waals surface area contributed by atoms with E-state index in [1.807, 2.05) is 0 Å². The number of carbonyl (C=O) groups is 2. The SMILES string of the molecule is O=C(Nc1ccc(N2C(=O)c3cc(C(F)(F)F)ccc3NC2O)c(F)c1)NS(=O)(=O)C1=C=C=C(Cl)S1. The van der Waals surface area contributed by atoms with E-state index >= 15 is 0 Å². The molecule has 2 aliphatic heterocycles. The molecule has 0 spiro atoms. The standard InChI is InChI=1S/C20H11ClF4N4O5S2/c21-15-5-6-16(35-15)36(33,34)28-18(31)26-10-2-4-14(12(22)8-10)29-17(30)11-7-9(20(23,24)25)1-3-13(11)27-19(29)32/h1-4,7-8,19,27,32H,(H2,26,28,31). The van der Waals surface area contributed by atoms with Crippen LogP contribution < -0.4 is 20.3 Å². The van der Waals surface area contributed by atoms with Gasteiger partial charge in [-0.3, -0.25) is 9.69 Å². The molecule has 0 aromatic heterocycles. The maximum absolute atomic E-state index is 14.9. The molecular weight excluding hydrogens is 552 g/mol. The minimum absolute atomic E-state index is 0.00497. The van der Waals surface area contributed by atoms with Gasteiger partial charge in [0.15, 0.2) is 4.24 Å². The van der Waals surface area contributed by atoms with Crippen LogP contribution in [0, 0.1) is 5.82 Å². The normalized spacial score (nSPS) is 17.2. The van der Waals surface area contributed by atoms with Gasteiger partial charge in [0.05, 0.1) is 22.5 Å². The van der Waals surface area contributed by atoms with Gasteiger partial charge in [0, 0.05) is 5.69 Å². The van der Waals surface area contributed by atoms with Crippen molar-refractivity contribution in [3.8, 4) is 0 Å². The largest absolute Gasteiger partial charge is 0.416 e. The fourth-order valence-electron chi connectivity index (χ4n) is 3.17. The fourth-order valence-corrected chi connectivity index (χ4v) is 5.34. The average Bonchev–Trinajstić information content (AvgIpc) is 3.21. The molecule has 4 N–H and O–H groups in total. The summed E-state index contributed by atoms with van der Waals surface area (Å²) in [5.41, 5.74) is 2.12. The number of nitrogens with zero attached hydrogens (tertiary/aromatic N) is 1. The predicted molar refractivity (Wildman–Crippen MR) is 123 cm³/mol. The summed E-state index contributed by atoms with van der Waals surface area (Å²) in [5, 5.41) is 14.8. The summed E-state index contributed by atoms with van der Waals surface area (Å²) in [6, 6.07) is 3.74. The zero-order chi connectivity index (χ0) is 26.4. The lowest BCUT2D eigenvalue weighted by Gasteiger charge is -2.34. The van der Waals surface area contributed by atoms with Crippen molar-refractivity contribution < 1.29 is 40.7 Å². The minimum Gasteiger partial charge on any atom is -0.356 e. The maximum atomic E-state index is 14.9. The molecule has 2 aliphatic rings. The Kier molecular flexibility index (Phi) is 6.56. The fraction of sp³-hybridized carbons (Fsp3) is 0.100. The number of halogens is 5. The van der Waals surface area contributed by atoms with Gasteiger partial charge < -0.3 is 15.7 Å². The molecule has 9 nitrogen and oxygen atoms in total. The van der Waals surface area contributed by atoms with E-state index < -0.39 is 61.4 Å². The minimum atomic E-state index is -4.74. The Bertz CT molecular complexity index is 1520.